The summed E-state index contributed by atoms with van der Waals surface area (Å²) in [6, 6.07) is 14.6. The predicted molar refractivity (Wildman–Crippen MR) is 122 cm³/mol. The molecule has 30 heavy (non-hydrogen) atoms. The summed E-state index contributed by atoms with van der Waals surface area (Å²) in [5.41, 5.74) is 1.11. The Morgan fingerprint density at radius 2 is 1.97 bits per heavy atom. The number of amides is 1. The van der Waals surface area contributed by atoms with Gasteiger partial charge in [-0.3, -0.25) is 14.2 Å². The van der Waals surface area contributed by atoms with Crippen LogP contribution in [0.2, 0.25) is 0 Å². The minimum atomic E-state index is -0.165. The van der Waals surface area contributed by atoms with E-state index in [1.54, 1.807) is 23.8 Å². The Kier molecular flexibility index (Phi) is 7.52. The molecule has 0 N–H and O–H groups in total. The van der Waals surface area contributed by atoms with Gasteiger partial charge in [-0.25, -0.2) is 4.98 Å². The number of carbonyl (C=O) groups excluding carboxylic acids is 1. The van der Waals surface area contributed by atoms with Gasteiger partial charge in [0.15, 0.2) is 5.16 Å². The molecule has 0 spiro atoms. The molecule has 3 rings (SSSR count). The number of nitrogens with zero attached hydrogens (tertiary/aromatic N) is 3. The van der Waals surface area contributed by atoms with Gasteiger partial charge in [0.05, 0.1) is 29.5 Å². The topological polar surface area (TPSA) is 64.4 Å². The van der Waals surface area contributed by atoms with Crippen LogP contribution in [0, 0.1) is 0 Å². The molecule has 0 bridgehead atoms. The largest absolute Gasteiger partial charge is 0.497 e. The van der Waals surface area contributed by atoms with E-state index in [-0.39, 0.29) is 17.2 Å². The average molecular weight is 426 g/mol. The molecule has 0 radical (unpaired) electrons. The van der Waals surface area contributed by atoms with E-state index in [1.807, 2.05) is 48.2 Å². The van der Waals surface area contributed by atoms with Crippen LogP contribution in [0.15, 0.2) is 58.5 Å². The van der Waals surface area contributed by atoms with Gasteiger partial charge >= 0.3 is 0 Å². The van der Waals surface area contributed by atoms with E-state index >= 15 is 0 Å². The van der Waals surface area contributed by atoms with Crippen molar-refractivity contribution in [3.8, 4) is 11.4 Å². The van der Waals surface area contributed by atoms with Crippen molar-refractivity contribution in [1.82, 2.24) is 14.5 Å². The first-order valence-corrected chi connectivity index (χ1v) is 11.1. The number of benzene rings is 2. The number of unbranched alkanes of at least 4 members (excludes halogenated alkanes) is 1. The quantitative estimate of drug-likeness (QED) is 0.381. The maximum absolute atomic E-state index is 13.3. The second-order valence-electron chi connectivity index (χ2n) is 6.87. The fraction of sp³-hybridized carbons (Fsp3) is 0.348. The zero-order valence-electron chi connectivity index (χ0n) is 17.6. The number of methoxy groups -OCH3 is 1. The van der Waals surface area contributed by atoms with Crippen molar-refractivity contribution in [2.24, 2.45) is 0 Å². The SMILES string of the molecule is CCCCN(CC)C(=O)CSc1nc2ccccc2c(=O)n1-c1cccc(OC)c1. The number of aromatic nitrogens is 2. The van der Waals surface area contributed by atoms with Crippen LogP contribution in [0.3, 0.4) is 0 Å². The molecule has 0 unspecified atom stereocenters. The minimum absolute atomic E-state index is 0.0514. The summed E-state index contributed by atoms with van der Waals surface area (Å²) in [4.78, 5) is 32.6. The van der Waals surface area contributed by atoms with Crippen molar-refractivity contribution in [2.75, 3.05) is 26.0 Å². The second kappa shape index (κ2) is 10.3. The van der Waals surface area contributed by atoms with Crippen LogP contribution in [0.5, 0.6) is 5.75 Å². The van der Waals surface area contributed by atoms with Gasteiger partial charge in [-0.1, -0.05) is 43.3 Å². The molecule has 3 aromatic rings. The lowest BCUT2D eigenvalue weighted by Crippen LogP contribution is -2.33. The standard InChI is InChI=1S/C23H27N3O3S/c1-4-6-14-25(5-2)21(27)16-30-23-24-20-13-8-7-12-19(20)22(28)26(23)17-10-9-11-18(15-17)29-3/h7-13,15H,4-6,14,16H2,1-3H3. The lowest BCUT2D eigenvalue weighted by atomic mass is 10.2. The summed E-state index contributed by atoms with van der Waals surface area (Å²) in [7, 11) is 1.59. The maximum atomic E-state index is 13.3. The van der Waals surface area contributed by atoms with Gasteiger partial charge in [-0.15, -0.1) is 0 Å². The highest BCUT2D eigenvalue weighted by Gasteiger charge is 2.17. The van der Waals surface area contributed by atoms with E-state index in [2.05, 4.69) is 6.92 Å². The summed E-state index contributed by atoms with van der Waals surface area (Å²) in [6.45, 7) is 5.52. The third-order valence-electron chi connectivity index (χ3n) is 4.90. The summed E-state index contributed by atoms with van der Waals surface area (Å²) < 4.78 is 6.88. The van der Waals surface area contributed by atoms with Crippen LogP contribution in [0.1, 0.15) is 26.7 Å². The number of rotatable bonds is 9. The van der Waals surface area contributed by atoms with Crippen molar-refractivity contribution in [3.05, 3.63) is 58.9 Å². The van der Waals surface area contributed by atoms with Gasteiger partial charge in [0, 0.05) is 19.2 Å². The van der Waals surface area contributed by atoms with Crippen LogP contribution >= 0.6 is 11.8 Å². The zero-order chi connectivity index (χ0) is 21.5. The third-order valence-corrected chi connectivity index (χ3v) is 5.82. The summed E-state index contributed by atoms with van der Waals surface area (Å²) >= 11 is 1.29. The van der Waals surface area contributed by atoms with Gasteiger partial charge in [0.2, 0.25) is 5.91 Å². The molecule has 1 amide bonds. The highest BCUT2D eigenvalue weighted by molar-refractivity contribution is 7.99. The first-order chi connectivity index (χ1) is 14.6. The summed E-state index contributed by atoms with van der Waals surface area (Å²) in [6.07, 6.45) is 2.02. The highest BCUT2D eigenvalue weighted by atomic mass is 32.2. The summed E-state index contributed by atoms with van der Waals surface area (Å²) in [5.74, 6) is 0.929. The van der Waals surface area contributed by atoms with Gasteiger partial charge in [0.25, 0.3) is 5.56 Å². The smallest absolute Gasteiger partial charge is 0.266 e. The van der Waals surface area contributed by atoms with Gasteiger partial charge in [-0.2, -0.15) is 0 Å². The highest BCUT2D eigenvalue weighted by Crippen LogP contribution is 2.24. The molecule has 0 aliphatic carbocycles. The monoisotopic (exact) mass is 425 g/mol. The van der Waals surface area contributed by atoms with E-state index in [1.165, 1.54) is 11.8 Å². The maximum Gasteiger partial charge on any atom is 0.266 e. The molecule has 6 nitrogen and oxygen atoms in total. The Hall–Kier alpha value is -2.80. The van der Waals surface area contributed by atoms with Crippen LogP contribution in [-0.2, 0) is 4.79 Å². The number of carbonyl (C=O) groups is 1. The zero-order valence-corrected chi connectivity index (χ0v) is 18.4. The van der Waals surface area contributed by atoms with Gasteiger partial charge < -0.3 is 9.64 Å². The number of thioether (sulfide) groups is 1. The van der Waals surface area contributed by atoms with E-state index in [0.717, 1.165) is 19.4 Å². The Morgan fingerprint density at radius 3 is 2.70 bits per heavy atom. The Bertz CT molecular complexity index is 1080. The molecule has 2 aromatic carbocycles. The molecular weight excluding hydrogens is 398 g/mol. The normalized spacial score (nSPS) is 10.9. The lowest BCUT2D eigenvalue weighted by molar-refractivity contribution is -0.128. The van der Waals surface area contributed by atoms with E-state index in [4.69, 9.17) is 9.72 Å². The van der Waals surface area contributed by atoms with Crippen molar-refractivity contribution in [1.29, 1.82) is 0 Å². The molecule has 0 aliphatic heterocycles. The van der Waals surface area contributed by atoms with Crippen LogP contribution in [-0.4, -0.2) is 46.3 Å². The molecule has 0 fully saturated rings. The fourth-order valence-corrected chi connectivity index (χ4v) is 4.13. The molecule has 0 aliphatic rings. The molecule has 1 heterocycles. The number of fused-ring (bicyclic) bond motifs is 1. The van der Waals surface area contributed by atoms with E-state index in [0.29, 0.717) is 34.0 Å². The third kappa shape index (κ3) is 4.84. The molecule has 7 heteroatoms. The number of hydrogen-bond donors (Lipinski definition) is 0. The molecule has 158 valence electrons. The van der Waals surface area contributed by atoms with Crippen molar-refractivity contribution in [3.63, 3.8) is 0 Å². The number of hydrogen-bond acceptors (Lipinski definition) is 5. The fourth-order valence-electron chi connectivity index (χ4n) is 3.21. The van der Waals surface area contributed by atoms with Crippen molar-refractivity contribution in [2.45, 2.75) is 31.8 Å². The number of ether oxygens (including phenoxy) is 1. The molecule has 0 saturated carbocycles. The average Bonchev–Trinajstić information content (AvgIpc) is 2.78. The minimum Gasteiger partial charge on any atom is -0.497 e. The van der Waals surface area contributed by atoms with Gasteiger partial charge in [0.1, 0.15) is 5.75 Å². The second-order valence-corrected chi connectivity index (χ2v) is 7.81. The molecular formula is C23H27N3O3S. The predicted octanol–water partition coefficient (Wildman–Crippen LogP) is 4.14. The van der Waals surface area contributed by atoms with E-state index in [9.17, 15) is 9.59 Å². The number of para-hydroxylation sites is 1. The Labute approximate surface area is 180 Å². The molecule has 1 aromatic heterocycles. The van der Waals surface area contributed by atoms with Crippen LogP contribution < -0.4 is 10.3 Å². The first kappa shape index (κ1) is 21.9. The van der Waals surface area contributed by atoms with Crippen molar-refractivity contribution >= 4 is 28.6 Å². The molecule has 0 saturated heterocycles. The van der Waals surface area contributed by atoms with Crippen LogP contribution in [0.25, 0.3) is 16.6 Å². The lowest BCUT2D eigenvalue weighted by Gasteiger charge is -2.21. The van der Waals surface area contributed by atoms with E-state index < -0.39 is 0 Å². The van der Waals surface area contributed by atoms with Crippen molar-refractivity contribution < 1.29 is 9.53 Å². The molecule has 0 atom stereocenters. The Balaban J connectivity index is 2.00. The Morgan fingerprint density at radius 1 is 1.17 bits per heavy atom. The van der Waals surface area contributed by atoms with Crippen LogP contribution in [0.4, 0.5) is 0 Å². The van der Waals surface area contributed by atoms with Gasteiger partial charge in [-0.05, 0) is 37.6 Å². The summed E-state index contributed by atoms with van der Waals surface area (Å²) in [5, 5.41) is 1.03. The first-order valence-electron chi connectivity index (χ1n) is 10.2.